The first kappa shape index (κ1) is 17.8. The number of hydrogen-bond acceptors (Lipinski definition) is 5. The second-order valence-electron chi connectivity index (χ2n) is 6.55. The summed E-state index contributed by atoms with van der Waals surface area (Å²) in [6.07, 6.45) is 2.63. The van der Waals surface area contributed by atoms with Gasteiger partial charge in [-0.1, -0.05) is 32.0 Å². The van der Waals surface area contributed by atoms with Gasteiger partial charge in [-0.2, -0.15) is 4.98 Å². The van der Waals surface area contributed by atoms with E-state index in [1.807, 2.05) is 37.3 Å². The average molecular weight is 353 g/mol. The fourth-order valence-corrected chi connectivity index (χ4v) is 2.45. The summed E-state index contributed by atoms with van der Waals surface area (Å²) in [5.41, 5.74) is 1.79. The van der Waals surface area contributed by atoms with Gasteiger partial charge < -0.3 is 10.1 Å². The molecule has 1 N–H and O–H groups in total. The van der Waals surface area contributed by atoms with Crippen LogP contribution in [0.5, 0.6) is 5.75 Å². The molecule has 0 atom stereocenters. The summed E-state index contributed by atoms with van der Waals surface area (Å²) in [4.78, 5) is 20.7. The Morgan fingerprint density at radius 2 is 2.08 bits per heavy atom. The van der Waals surface area contributed by atoms with Gasteiger partial charge in [0.25, 0.3) is 11.7 Å². The van der Waals surface area contributed by atoms with E-state index in [1.54, 1.807) is 10.7 Å². The van der Waals surface area contributed by atoms with Crippen LogP contribution in [0.1, 0.15) is 42.1 Å². The molecule has 0 radical (unpaired) electrons. The summed E-state index contributed by atoms with van der Waals surface area (Å²) < 4.78 is 7.41. The lowest BCUT2D eigenvalue weighted by molar-refractivity contribution is 0.0940. The molecular weight excluding hydrogens is 330 g/mol. The number of aryl methyl sites for hydroxylation is 1. The van der Waals surface area contributed by atoms with Crippen LogP contribution in [0.3, 0.4) is 0 Å². The molecule has 1 amide bonds. The maximum atomic E-state index is 12.4. The third-order valence-electron chi connectivity index (χ3n) is 4.00. The van der Waals surface area contributed by atoms with Crippen LogP contribution in [-0.2, 0) is 6.54 Å². The van der Waals surface area contributed by atoms with Crippen molar-refractivity contribution in [2.24, 2.45) is 5.92 Å². The van der Waals surface area contributed by atoms with Gasteiger partial charge in [0.2, 0.25) is 5.82 Å². The molecule has 0 spiro atoms. The zero-order chi connectivity index (χ0) is 18.5. The Kier molecular flexibility index (Phi) is 5.46. The van der Waals surface area contributed by atoms with E-state index in [0.717, 1.165) is 23.4 Å². The van der Waals surface area contributed by atoms with Gasteiger partial charge in [-0.25, -0.2) is 9.50 Å². The van der Waals surface area contributed by atoms with Crippen molar-refractivity contribution in [3.8, 4) is 5.75 Å². The Morgan fingerprint density at radius 3 is 2.85 bits per heavy atom. The fourth-order valence-electron chi connectivity index (χ4n) is 2.45. The molecule has 0 aliphatic heterocycles. The molecule has 26 heavy (non-hydrogen) atoms. The van der Waals surface area contributed by atoms with E-state index in [2.05, 4.69) is 34.2 Å². The van der Waals surface area contributed by atoms with E-state index in [1.165, 1.54) is 0 Å². The van der Waals surface area contributed by atoms with E-state index in [9.17, 15) is 4.79 Å². The number of aromatic nitrogens is 4. The lowest BCUT2D eigenvalue weighted by atomic mass is 10.1. The molecule has 0 aliphatic carbocycles. The Morgan fingerprint density at radius 1 is 1.27 bits per heavy atom. The van der Waals surface area contributed by atoms with Crippen LogP contribution in [0.25, 0.3) is 5.78 Å². The summed E-state index contributed by atoms with van der Waals surface area (Å²) in [6, 6.07) is 9.52. The van der Waals surface area contributed by atoms with Gasteiger partial charge in [0.15, 0.2) is 0 Å². The van der Waals surface area contributed by atoms with E-state index >= 15 is 0 Å². The first-order chi connectivity index (χ1) is 12.5. The lowest BCUT2D eigenvalue weighted by Gasteiger charge is -2.12. The summed E-state index contributed by atoms with van der Waals surface area (Å²) in [5.74, 6) is 1.54. The second kappa shape index (κ2) is 7.95. The highest BCUT2D eigenvalue weighted by Gasteiger charge is 2.15. The van der Waals surface area contributed by atoms with Crippen molar-refractivity contribution in [2.45, 2.75) is 33.7 Å². The molecule has 136 valence electrons. The minimum absolute atomic E-state index is 0.102. The standard InChI is InChI=1S/C19H23N5O2/c1-13(2)9-11-26-16-7-5-4-6-15(16)12-21-18(25)17-22-19-20-10-8-14(3)24(19)23-17/h4-8,10,13H,9,11-12H2,1-3H3,(H,21,25). The topological polar surface area (TPSA) is 81.4 Å². The third-order valence-corrected chi connectivity index (χ3v) is 4.00. The highest BCUT2D eigenvalue weighted by molar-refractivity contribution is 5.90. The molecule has 0 unspecified atom stereocenters. The van der Waals surface area contributed by atoms with E-state index in [4.69, 9.17) is 4.74 Å². The number of fused-ring (bicyclic) bond motifs is 1. The maximum Gasteiger partial charge on any atom is 0.291 e. The molecular formula is C19H23N5O2. The lowest BCUT2D eigenvalue weighted by Crippen LogP contribution is -2.24. The predicted molar refractivity (Wildman–Crippen MR) is 98.1 cm³/mol. The molecule has 3 aromatic rings. The highest BCUT2D eigenvalue weighted by Crippen LogP contribution is 2.18. The van der Waals surface area contributed by atoms with Crippen LogP contribution in [0.15, 0.2) is 36.5 Å². The van der Waals surface area contributed by atoms with Crippen molar-refractivity contribution in [1.29, 1.82) is 0 Å². The Labute approximate surface area is 152 Å². The van der Waals surface area contributed by atoms with Crippen LogP contribution >= 0.6 is 0 Å². The normalized spacial score (nSPS) is 11.1. The molecule has 0 saturated carbocycles. The molecule has 2 aromatic heterocycles. The SMILES string of the molecule is Cc1ccnc2nc(C(=O)NCc3ccccc3OCCC(C)C)nn12. The predicted octanol–water partition coefficient (Wildman–Crippen LogP) is 2.79. The summed E-state index contributed by atoms with van der Waals surface area (Å²) in [6.45, 7) is 7.21. The number of carbonyl (C=O) groups excluding carboxylic acids is 1. The Balaban J connectivity index is 1.66. The third kappa shape index (κ3) is 4.17. The Hall–Kier alpha value is -2.96. The van der Waals surface area contributed by atoms with Crippen LogP contribution in [-0.4, -0.2) is 32.1 Å². The van der Waals surface area contributed by atoms with Gasteiger partial charge in [0.1, 0.15) is 5.75 Å². The van der Waals surface area contributed by atoms with E-state index in [0.29, 0.717) is 24.8 Å². The number of nitrogens with zero attached hydrogens (tertiary/aromatic N) is 4. The van der Waals surface area contributed by atoms with Crippen molar-refractivity contribution in [3.05, 3.63) is 53.6 Å². The van der Waals surface area contributed by atoms with Crippen molar-refractivity contribution in [2.75, 3.05) is 6.61 Å². The van der Waals surface area contributed by atoms with Crippen LogP contribution in [0.2, 0.25) is 0 Å². The number of hydrogen-bond donors (Lipinski definition) is 1. The number of para-hydroxylation sites is 1. The zero-order valence-corrected chi connectivity index (χ0v) is 15.3. The summed E-state index contributed by atoms with van der Waals surface area (Å²) in [5, 5.41) is 7.07. The molecule has 7 nitrogen and oxygen atoms in total. The van der Waals surface area contributed by atoms with Gasteiger partial charge in [0, 0.05) is 24.0 Å². The zero-order valence-electron chi connectivity index (χ0n) is 15.3. The molecule has 7 heteroatoms. The molecule has 0 aliphatic rings. The van der Waals surface area contributed by atoms with Crippen LogP contribution < -0.4 is 10.1 Å². The number of carbonyl (C=O) groups is 1. The number of ether oxygens (including phenoxy) is 1. The van der Waals surface area contributed by atoms with Crippen molar-refractivity contribution < 1.29 is 9.53 Å². The van der Waals surface area contributed by atoms with E-state index < -0.39 is 0 Å². The fraction of sp³-hybridized carbons (Fsp3) is 0.368. The first-order valence-corrected chi connectivity index (χ1v) is 8.72. The molecule has 0 fully saturated rings. The highest BCUT2D eigenvalue weighted by atomic mass is 16.5. The van der Waals surface area contributed by atoms with Gasteiger partial charge in [-0.05, 0) is 31.4 Å². The first-order valence-electron chi connectivity index (χ1n) is 8.72. The molecule has 0 bridgehead atoms. The summed E-state index contributed by atoms with van der Waals surface area (Å²) in [7, 11) is 0. The van der Waals surface area contributed by atoms with Gasteiger partial charge in [0.05, 0.1) is 6.61 Å². The van der Waals surface area contributed by atoms with Crippen LogP contribution in [0.4, 0.5) is 0 Å². The van der Waals surface area contributed by atoms with Gasteiger partial charge >= 0.3 is 0 Å². The van der Waals surface area contributed by atoms with Gasteiger partial charge in [-0.3, -0.25) is 4.79 Å². The average Bonchev–Trinajstić information content (AvgIpc) is 3.06. The number of amides is 1. The van der Waals surface area contributed by atoms with Gasteiger partial charge in [-0.15, -0.1) is 5.10 Å². The smallest absolute Gasteiger partial charge is 0.291 e. The molecule has 2 heterocycles. The minimum atomic E-state index is -0.341. The summed E-state index contributed by atoms with van der Waals surface area (Å²) >= 11 is 0. The molecule has 1 aromatic carbocycles. The molecule has 3 rings (SSSR count). The quantitative estimate of drug-likeness (QED) is 0.706. The maximum absolute atomic E-state index is 12.4. The second-order valence-corrected chi connectivity index (χ2v) is 6.55. The molecule has 0 saturated heterocycles. The van der Waals surface area contributed by atoms with Crippen LogP contribution in [0, 0.1) is 12.8 Å². The largest absolute Gasteiger partial charge is 0.493 e. The number of benzene rings is 1. The van der Waals surface area contributed by atoms with Crippen molar-refractivity contribution in [3.63, 3.8) is 0 Å². The number of nitrogens with one attached hydrogen (secondary N) is 1. The van der Waals surface area contributed by atoms with E-state index in [-0.39, 0.29) is 11.7 Å². The monoisotopic (exact) mass is 353 g/mol. The van der Waals surface area contributed by atoms with Crippen molar-refractivity contribution >= 4 is 11.7 Å². The van der Waals surface area contributed by atoms with Crippen molar-refractivity contribution in [1.82, 2.24) is 24.9 Å². The minimum Gasteiger partial charge on any atom is -0.493 e. The Bertz CT molecular complexity index is 904. The number of rotatable bonds is 7.